The minimum Gasteiger partial charge on any atom is -0.320 e. The summed E-state index contributed by atoms with van der Waals surface area (Å²) in [6, 6.07) is 2.67. The predicted octanol–water partition coefficient (Wildman–Crippen LogP) is 1.22. The summed E-state index contributed by atoms with van der Waals surface area (Å²) in [5.41, 5.74) is 0. The van der Waals surface area contributed by atoms with Gasteiger partial charge in [-0.25, -0.2) is 0 Å². The van der Waals surface area contributed by atoms with E-state index >= 15 is 0 Å². The van der Waals surface area contributed by atoms with E-state index in [1.165, 1.54) is 0 Å². The second-order valence-corrected chi connectivity index (χ2v) is 3.36. The van der Waals surface area contributed by atoms with Crippen molar-refractivity contribution in [3.05, 3.63) is 0 Å². The first-order chi connectivity index (χ1) is 6.26. The fourth-order valence-electron chi connectivity index (χ4n) is 1.41. The van der Waals surface area contributed by atoms with Gasteiger partial charge in [-0.05, 0) is 40.0 Å². The Morgan fingerprint density at radius 3 is 2.69 bits per heavy atom. The lowest BCUT2D eigenvalue weighted by Gasteiger charge is -2.24. The average molecular weight is 183 g/mol. The Balaban J connectivity index is 3.65. The van der Waals surface area contributed by atoms with Crippen LogP contribution in [0, 0.1) is 11.3 Å². The average Bonchev–Trinajstić information content (AvgIpc) is 2.14. The highest BCUT2D eigenvalue weighted by atomic mass is 15.1. The van der Waals surface area contributed by atoms with Crippen LogP contribution in [-0.4, -0.2) is 38.1 Å². The van der Waals surface area contributed by atoms with Crippen LogP contribution < -0.4 is 5.32 Å². The smallest absolute Gasteiger partial charge is 0.0638 e. The summed E-state index contributed by atoms with van der Waals surface area (Å²) in [7, 11) is 4.06. The number of nitrogens with one attached hydrogen (secondary N) is 1. The van der Waals surface area contributed by atoms with E-state index in [4.69, 9.17) is 5.26 Å². The maximum Gasteiger partial charge on any atom is 0.0638 e. The zero-order valence-electron chi connectivity index (χ0n) is 9.01. The molecule has 0 fully saturated rings. The molecule has 1 N–H and O–H groups in total. The fourth-order valence-corrected chi connectivity index (χ4v) is 1.41. The number of rotatable bonds is 7. The van der Waals surface area contributed by atoms with Crippen LogP contribution in [0.2, 0.25) is 0 Å². The summed E-state index contributed by atoms with van der Waals surface area (Å²) in [5.74, 6) is 0. The molecule has 0 aromatic heterocycles. The number of hydrogen-bond acceptors (Lipinski definition) is 3. The molecule has 0 bridgehead atoms. The highest BCUT2D eigenvalue weighted by Gasteiger charge is 2.10. The molecule has 3 heteroatoms. The Hall–Kier alpha value is -0.590. The Morgan fingerprint density at radius 2 is 2.23 bits per heavy atom. The van der Waals surface area contributed by atoms with Crippen LogP contribution in [0.5, 0.6) is 0 Å². The third-order valence-electron chi connectivity index (χ3n) is 2.36. The Morgan fingerprint density at radius 1 is 1.54 bits per heavy atom. The van der Waals surface area contributed by atoms with Gasteiger partial charge in [-0.3, -0.25) is 0 Å². The van der Waals surface area contributed by atoms with Crippen LogP contribution in [0.3, 0.4) is 0 Å². The minimum atomic E-state index is 0.432. The molecule has 0 aromatic carbocycles. The fraction of sp³-hybridized carbons (Fsp3) is 0.900. The molecule has 0 amide bonds. The first-order valence-electron chi connectivity index (χ1n) is 4.98. The first-order valence-corrected chi connectivity index (χ1v) is 4.98. The molecule has 0 spiro atoms. The number of nitrogens with zero attached hydrogens (tertiary/aromatic N) is 2. The summed E-state index contributed by atoms with van der Waals surface area (Å²) >= 11 is 0. The van der Waals surface area contributed by atoms with E-state index in [0.29, 0.717) is 12.5 Å². The maximum absolute atomic E-state index is 8.60. The molecule has 0 heterocycles. The van der Waals surface area contributed by atoms with E-state index in [0.717, 1.165) is 25.9 Å². The standard InChI is InChI=1S/C10H21N3/c1-4-10(6-7-11)13(3)9-5-8-12-2/h10,12H,4-6,8-9H2,1-3H3. The molecule has 0 radical (unpaired) electrons. The van der Waals surface area contributed by atoms with E-state index < -0.39 is 0 Å². The molecular weight excluding hydrogens is 162 g/mol. The summed E-state index contributed by atoms with van der Waals surface area (Å²) in [6.45, 7) is 4.25. The molecule has 0 aliphatic rings. The van der Waals surface area contributed by atoms with Crippen LogP contribution in [0.25, 0.3) is 0 Å². The monoisotopic (exact) mass is 183 g/mol. The molecular formula is C10H21N3. The quantitative estimate of drug-likeness (QED) is 0.603. The van der Waals surface area contributed by atoms with Gasteiger partial charge in [0.2, 0.25) is 0 Å². The number of hydrogen-bond donors (Lipinski definition) is 1. The SMILES string of the molecule is CCC(CC#N)N(C)CCCNC. The summed E-state index contributed by atoms with van der Waals surface area (Å²) in [4.78, 5) is 2.28. The van der Waals surface area contributed by atoms with Crippen molar-refractivity contribution in [3.8, 4) is 6.07 Å². The van der Waals surface area contributed by atoms with Gasteiger partial charge in [0.15, 0.2) is 0 Å². The van der Waals surface area contributed by atoms with Crippen LogP contribution in [0.15, 0.2) is 0 Å². The van der Waals surface area contributed by atoms with Gasteiger partial charge < -0.3 is 10.2 Å². The lowest BCUT2D eigenvalue weighted by atomic mass is 10.1. The second kappa shape index (κ2) is 8.03. The highest BCUT2D eigenvalue weighted by Crippen LogP contribution is 2.05. The van der Waals surface area contributed by atoms with Crippen LogP contribution in [0.4, 0.5) is 0 Å². The normalized spacial score (nSPS) is 12.8. The van der Waals surface area contributed by atoms with E-state index in [1.807, 2.05) is 7.05 Å². The van der Waals surface area contributed by atoms with Crippen molar-refractivity contribution < 1.29 is 0 Å². The molecule has 1 atom stereocenters. The Bertz CT molecular complexity index is 151. The minimum absolute atomic E-state index is 0.432. The lowest BCUT2D eigenvalue weighted by molar-refractivity contribution is 0.235. The third-order valence-corrected chi connectivity index (χ3v) is 2.36. The van der Waals surface area contributed by atoms with Crippen LogP contribution >= 0.6 is 0 Å². The van der Waals surface area contributed by atoms with Gasteiger partial charge in [0.05, 0.1) is 12.5 Å². The number of nitriles is 1. The van der Waals surface area contributed by atoms with Crippen LogP contribution in [-0.2, 0) is 0 Å². The topological polar surface area (TPSA) is 39.1 Å². The van der Waals surface area contributed by atoms with Crippen LogP contribution in [0.1, 0.15) is 26.2 Å². The zero-order valence-corrected chi connectivity index (χ0v) is 9.01. The van der Waals surface area contributed by atoms with Gasteiger partial charge >= 0.3 is 0 Å². The van der Waals surface area contributed by atoms with Gasteiger partial charge in [-0.1, -0.05) is 6.92 Å². The molecule has 0 rings (SSSR count). The Labute approximate surface area is 81.7 Å². The third kappa shape index (κ3) is 5.62. The summed E-state index contributed by atoms with van der Waals surface area (Å²) in [6.07, 6.45) is 2.85. The van der Waals surface area contributed by atoms with Gasteiger partial charge in [0.1, 0.15) is 0 Å². The predicted molar refractivity (Wildman–Crippen MR) is 55.5 cm³/mol. The van der Waals surface area contributed by atoms with Gasteiger partial charge in [0, 0.05) is 6.04 Å². The van der Waals surface area contributed by atoms with Crippen molar-refractivity contribution in [2.45, 2.75) is 32.2 Å². The lowest BCUT2D eigenvalue weighted by Crippen LogP contribution is -2.32. The van der Waals surface area contributed by atoms with Crippen molar-refractivity contribution in [1.82, 2.24) is 10.2 Å². The van der Waals surface area contributed by atoms with E-state index in [-0.39, 0.29) is 0 Å². The van der Waals surface area contributed by atoms with Gasteiger partial charge in [-0.15, -0.1) is 0 Å². The van der Waals surface area contributed by atoms with Crippen molar-refractivity contribution in [1.29, 1.82) is 5.26 Å². The van der Waals surface area contributed by atoms with Crippen molar-refractivity contribution in [3.63, 3.8) is 0 Å². The molecule has 0 aromatic rings. The van der Waals surface area contributed by atoms with Crippen molar-refractivity contribution in [2.75, 3.05) is 27.2 Å². The van der Waals surface area contributed by atoms with E-state index in [2.05, 4.69) is 30.3 Å². The molecule has 0 aliphatic carbocycles. The van der Waals surface area contributed by atoms with Crippen molar-refractivity contribution >= 4 is 0 Å². The Kier molecular flexibility index (Phi) is 7.66. The summed E-state index contributed by atoms with van der Waals surface area (Å²) < 4.78 is 0. The molecule has 76 valence electrons. The van der Waals surface area contributed by atoms with Gasteiger partial charge in [0.25, 0.3) is 0 Å². The van der Waals surface area contributed by atoms with Crippen molar-refractivity contribution in [2.24, 2.45) is 0 Å². The summed E-state index contributed by atoms with van der Waals surface area (Å²) in [5, 5.41) is 11.7. The largest absolute Gasteiger partial charge is 0.320 e. The first kappa shape index (κ1) is 12.4. The van der Waals surface area contributed by atoms with E-state index in [9.17, 15) is 0 Å². The maximum atomic E-state index is 8.60. The molecule has 3 nitrogen and oxygen atoms in total. The highest BCUT2D eigenvalue weighted by molar-refractivity contribution is 4.80. The van der Waals surface area contributed by atoms with Gasteiger partial charge in [-0.2, -0.15) is 5.26 Å². The zero-order chi connectivity index (χ0) is 10.1. The molecule has 1 unspecified atom stereocenters. The molecule has 0 aliphatic heterocycles. The molecule has 13 heavy (non-hydrogen) atoms. The van der Waals surface area contributed by atoms with E-state index in [1.54, 1.807) is 0 Å². The molecule has 0 saturated heterocycles. The second-order valence-electron chi connectivity index (χ2n) is 3.36. The molecule has 0 saturated carbocycles.